The number of guanidine groups is 1. The molecule has 57 heavy (non-hydrogen) atoms. The van der Waals surface area contributed by atoms with Gasteiger partial charge < -0.3 is 69.5 Å². The third kappa shape index (κ3) is 18.7. The van der Waals surface area contributed by atoms with E-state index in [9.17, 15) is 48.3 Å². The van der Waals surface area contributed by atoms with E-state index in [1.165, 1.54) is 4.90 Å². The average Bonchev–Trinajstić information content (AvgIpc) is 3.66. The average molecular weight is 813 g/mol. The standard InChI is InChI=1S/C34H60N12O11/c1-5-19(4)28(32(56)42-16-27(51)52)45-29(53)21(12-18(2)3)44-30(54)22(17-47)43-26(50)15-40-24(48)13-39-25(49)14-41-31(55)23-9-7-11-46(23)33(57)20(35)8-6-10-38-34(36)37/h18-23,28,47H,5-17,35H2,1-4H3,(H,39,49)(H,40,48)(H,41,55)(H,42,56)(H,43,50)(H,44,54)(H,45,53)(H,51,52)(H4,36,37,38)/t19-,20-,21-,22-,23-,28-/m0/s1. The fraction of sp³-hybridized carbons (Fsp3) is 0.706. The molecule has 23 nitrogen and oxygen atoms in total. The number of carbonyl (C=O) groups excluding carboxylic acids is 8. The maximum Gasteiger partial charge on any atom is 0.322 e. The highest BCUT2D eigenvalue weighted by atomic mass is 16.4. The van der Waals surface area contributed by atoms with Gasteiger partial charge in [-0.1, -0.05) is 34.1 Å². The highest BCUT2D eigenvalue weighted by Crippen LogP contribution is 2.19. The first kappa shape index (κ1) is 49.4. The SMILES string of the molecule is CC[C@H](C)[C@H](NC(=O)[C@H](CC(C)C)NC(=O)[C@H](CO)NC(=O)CNC(=O)CNC(=O)CNC(=O)[C@@H]1CCCN1C(=O)[C@@H](N)CCCN=C(N)N)C(=O)NCC(=O)O. The molecule has 322 valence electrons. The number of carboxylic acid groups (broad SMARTS) is 1. The minimum atomic E-state index is -1.54. The Morgan fingerprint density at radius 1 is 0.789 bits per heavy atom. The minimum absolute atomic E-state index is 0.0756. The third-order valence-electron chi connectivity index (χ3n) is 8.82. The van der Waals surface area contributed by atoms with Crippen LogP contribution in [0.3, 0.4) is 0 Å². The molecule has 6 atom stereocenters. The number of likely N-dealkylation sites (tertiary alicyclic amines) is 1. The maximum atomic E-state index is 13.3. The Morgan fingerprint density at radius 3 is 1.95 bits per heavy atom. The Bertz CT molecular complexity index is 1460. The summed E-state index contributed by atoms with van der Waals surface area (Å²) in [6, 6.07) is -5.55. The number of nitrogens with zero attached hydrogens (tertiary/aromatic N) is 2. The highest BCUT2D eigenvalue weighted by molar-refractivity contribution is 5.96. The second kappa shape index (κ2) is 25.6. The van der Waals surface area contributed by atoms with Crippen LogP contribution in [0.1, 0.15) is 66.2 Å². The number of nitrogens with one attached hydrogen (secondary N) is 7. The van der Waals surface area contributed by atoms with E-state index in [0.717, 1.165) is 0 Å². The van der Waals surface area contributed by atoms with Crippen LogP contribution >= 0.6 is 0 Å². The third-order valence-corrected chi connectivity index (χ3v) is 8.82. The number of carbonyl (C=O) groups is 9. The van der Waals surface area contributed by atoms with E-state index in [2.05, 4.69) is 42.2 Å². The zero-order valence-corrected chi connectivity index (χ0v) is 32.9. The summed E-state index contributed by atoms with van der Waals surface area (Å²) in [6.45, 7) is 4.34. The Morgan fingerprint density at radius 2 is 1.39 bits per heavy atom. The highest BCUT2D eigenvalue weighted by Gasteiger charge is 2.36. The zero-order valence-electron chi connectivity index (χ0n) is 32.9. The second-order valence-corrected chi connectivity index (χ2v) is 14.0. The topological polar surface area (TPSA) is 372 Å². The van der Waals surface area contributed by atoms with Crippen LogP contribution in [0.5, 0.6) is 0 Å². The quantitative estimate of drug-likeness (QED) is 0.0233. The van der Waals surface area contributed by atoms with Crippen molar-refractivity contribution in [2.75, 3.05) is 45.9 Å². The summed E-state index contributed by atoms with van der Waals surface area (Å²) in [7, 11) is 0. The van der Waals surface area contributed by atoms with E-state index in [-0.39, 0.29) is 18.3 Å². The number of nitrogens with two attached hydrogens (primary N) is 3. The molecule has 0 radical (unpaired) electrons. The van der Waals surface area contributed by atoms with Gasteiger partial charge >= 0.3 is 5.97 Å². The Hall–Kier alpha value is -5.58. The first-order valence-electron chi connectivity index (χ1n) is 18.7. The second-order valence-electron chi connectivity index (χ2n) is 14.0. The van der Waals surface area contributed by atoms with Crippen molar-refractivity contribution < 1.29 is 53.4 Å². The summed E-state index contributed by atoms with van der Waals surface area (Å²) in [5.41, 5.74) is 16.6. The van der Waals surface area contributed by atoms with E-state index >= 15 is 0 Å². The number of aliphatic carboxylic acids is 1. The molecular formula is C34H60N12O11. The van der Waals surface area contributed by atoms with Gasteiger partial charge in [0.05, 0.1) is 32.3 Å². The van der Waals surface area contributed by atoms with E-state index in [1.54, 1.807) is 27.7 Å². The van der Waals surface area contributed by atoms with Gasteiger partial charge in [0, 0.05) is 13.1 Å². The monoisotopic (exact) mass is 812 g/mol. The zero-order chi connectivity index (χ0) is 43.2. The van der Waals surface area contributed by atoms with Gasteiger partial charge in [0.1, 0.15) is 30.7 Å². The molecule has 1 fully saturated rings. The molecule has 0 aliphatic carbocycles. The minimum Gasteiger partial charge on any atom is -0.480 e. The van der Waals surface area contributed by atoms with Gasteiger partial charge in [-0.25, -0.2) is 0 Å². The summed E-state index contributed by atoms with van der Waals surface area (Å²) < 4.78 is 0. The smallest absolute Gasteiger partial charge is 0.322 e. The van der Waals surface area contributed by atoms with Crippen molar-refractivity contribution in [3.63, 3.8) is 0 Å². The summed E-state index contributed by atoms with van der Waals surface area (Å²) in [6.07, 6.45) is 2.25. The molecule has 0 aromatic carbocycles. The largest absolute Gasteiger partial charge is 0.480 e. The number of aliphatic hydroxyl groups is 1. The number of rotatable bonds is 25. The number of aliphatic imine (C=N–C) groups is 1. The van der Waals surface area contributed by atoms with Crippen LogP contribution in [-0.2, 0) is 43.2 Å². The molecule has 15 N–H and O–H groups in total. The lowest BCUT2D eigenvalue weighted by Crippen LogP contribution is -2.59. The summed E-state index contributed by atoms with van der Waals surface area (Å²) >= 11 is 0. The van der Waals surface area contributed by atoms with Gasteiger partial charge in [0.15, 0.2) is 5.96 Å². The van der Waals surface area contributed by atoms with Gasteiger partial charge in [-0.2, -0.15) is 0 Å². The van der Waals surface area contributed by atoms with Crippen LogP contribution in [0.4, 0.5) is 0 Å². The molecule has 0 bridgehead atoms. The van der Waals surface area contributed by atoms with E-state index < -0.39 is 122 Å². The van der Waals surface area contributed by atoms with Crippen LogP contribution in [0.2, 0.25) is 0 Å². The van der Waals surface area contributed by atoms with Gasteiger partial charge in [-0.05, 0) is 43.9 Å². The molecular weight excluding hydrogens is 752 g/mol. The maximum absolute atomic E-state index is 13.3. The first-order valence-corrected chi connectivity index (χ1v) is 18.7. The van der Waals surface area contributed by atoms with Crippen LogP contribution in [0.25, 0.3) is 0 Å². The van der Waals surface area contributed by atoms with Gasteiger partial charge in [0.25, 0.3) is 0 Å². The summed E-state index contributed by atoms with van der Waals surface area (Å²) in [5.74, 6) is -7.68. The van der Waals surface area contributed by atoms with Crippen molar-refractivity contribution in [2.24, 2.45) is 34.0 Å². The van der Waals surface area contributed by atoms with Crippen molar-refractivity contribution in [3.05, 3.63) is 0 Å². The molecule has 1 aliphatic heterocycles. The van der Waals surface area contributed by atoms with Crippen molar-refractivity contribution in [2.45, 2.75) is 96.4 Å². The van der Waals surface area contributed by atoms with E-state index in [4.69, 9.17) is 22.3 Å². The Labute approximate surface area is 330 Å². The Balaban J connectivity index is 2.62. The normalized spacial score (nSPS) is 16.1. The lowest BCUT2D eigenvalue weighted by atomic mass is 9.96. The van der Waals surface area contributed by atoms with Gasteiger partial charge in [0.2, 0.25) is 47.3 Å². The molecule has 1 heterocycles. The fourth-order valence-electron chi connectivity index (χ4n) is 5.57. The van der Waals surface area contributed by atoms with E-state index in [0.29, 0.717) is 45.2 Å². The summed E-state index contributed by atoms with van der Waals surface area (Å²) in [4.78, 5) is 118. The molecule has 0 aromatic rings. The molecule has 0 saturated carbocycles. The van der Waals surface area contributed by atoms with Gasteiger partial charge in [-0.3, -0.25) is 48.1 Å². The fourth-order valence-corrected chi connectivity index (χ4v) is 5.57. The molecule has 1 aliphatic rings. The number of carboxylic acids is 1. The van der Waals surface area contributed by atoms with Crippen molar-refractivity contribution in [1.29, 1.82) is 0 Å². The first-order chi connectivity index (χ1) is 26.8. The molecule has 8 amide bonds. The van der Waals surface area contributed by atoms with Gasteiger partial charge in [-0.15, -0.1) is 0 Å². The van der Waals surface area contributed by atoms with Crippen LogP contribution in [-0.4, -0.2) is 150 Å². The van der Waals surface area contributed by atoms with Crippen LogP contribution in [0, 0.1) is 11.8 Å². The molecule has 1 saturated heterocycles. The van der Waals surface area contributed by atoms with Crippen molar-refractivity contribution >= 4 is 59.2 Å². The molecule has 0 aromatic heterocycles. The van der Waals surface area contributed by atoms with Crippen LogP contribution < -0.4 is 54.4 Å². The van der Waals surface area contributed by atoms with E-state index in [1.807, 2.05) is 0 Å². The molecule has 23 heteroatoms. The molecule has 1 rings (SSSR count). The lowest BCUT2D eigenvalue weighted by molar-refractivity contribution is -0.139. The Kier molecular flexibility index (Phi) is 22.2. The van der Waals surface area contributed by atoms with Crippen LogP contribution in [0.15, 0.2) is 4.99 Å². The van der Waals surface area contributed by atoms with Crippen molar-refractivity contribution in [1.82, 2.24) is 42.1 Å². The molecule has 0 spiro atoms. The predicted octanol–water partition coefficient (Wildman–Crippen LogP) is -5.55. The summed E-state index contributed by atoms with van der Waals surface area (Å²) in [5, 5.41) is 35.2. The lowest BCUT2D eigenvalue weighted by Gasteiger charge is -2.28. The number of aliphatic hydroxyl groups excluding tert-OH is 1. The van der Waals surface area contributed by atoms with Crippen molar-refractivity contribution in [3.8, 4) is 0 Å². The predicted molar refractivity (Wildman–Crippen MR) is 204 cm³/mol. The molecule has 0 unspecified atom stereocenters. The number of hydrogen-bond acceptors (Lipinski definition) is 12. The number of amides is 8. The number of hydrogen-bond donors (Lipinski definition) is 12.